The SMILES string of the molecule is COc1c(NS(C)=O)ccc2[nH]nc(C3=CC4CCCCC4S3)c12. The van der Waals surface area contributed by atoms with Crippen LogP contribution in [0.1, 0.15) is 31.4 Å². The molecule has 1 aliphatic heterocycles. The van der Waals surface area contributed by atoms with Gasteiger partial charge in [-0.2, -0.15) is 5.10 Å². The largest absolute Gasteiger partial charge is 0.494 e. The number of benzene rings is 1. The molecular weight excluding hydrogens is 342 g/mol. The Morgan fingerprint density at radius 1 is 1.38 bits per heavy atom. The fourth-order valence-corrected chi connectivity index (χ4v) is 5.69. The monoisotopic (exact) mass is 363 g/mol. The summed E-state index contributed by atoms with van der Waals surface area (Å²) in [6, 6.07) is 3.83. The lowest BCUT2D eigenvalue weighted by molar-refractivity contribution is 0.422. The number of methoxy groups -OCH3 is 1. The lowest BCUT2D eigenvalue weighted by atomic mass is 9.88. The van der Waals surface area contributed by atoms with Crippen LogP contribution in [-0.4, -0.2) is 33.0 Å². The number of nitrogens with zero attached hydrogens (tertiary/aromatic N) is 1. The molecule has 0 spiro atoms. The van der Waals surface area contributed by atoms with Crippen LogP contribution in [0.5, 0.6) is 5.75 Å². The Labute approximate surface area is 148 Å². The highest BCUT2D eigenvalue weighted by Gasteiger charge is 2.33. The van der Waals surface area contributed by atoms with Crippen molar-refractivity contribution in [3.63, 3.8) is 0 Å². The van der Waals surface area contributed by atoms with E-state index >= 15 is 0 Å². The number of nitrogens with one attached hydrogen (secondary N) is 2. The van der Waals surface area contributed by atoms with Crippen LogP contribution in [0.3, 0.4) is 0 Å². The molecule has 5 nitrogen and oxygen atoms in total. The fraction of sp³-hybridized carbons (Fsp3) is 0.471. The summed E-state index contributed by atoms with van der Waals surface area (Å²) in [6.45, 7) is 0. The van der Waals surface area contributed by atoms with E-state index < -0.39 is 11.0 Å². The molecule has 0 radical (unpaired) electrons. The molecule has 2 aliphatic rings. The van der Waals surface area contributed by atoms with Gasteiger partial charge < -0.3 is 9.46 Å². The highest BCUT2D eigenvalue weighted by Crippen LogP contribution is 2.50. The molecule has 2 N–H and O–H groups in total. The van der Waals surface area contributed by atoms with E-state index in [9.17, 15) is 4.21 Å². The first-order valence-corrected chi connectivity index (χ1v) is 10.6. The Morgan fingerprint density at radius 2 is 2.21 bits per heavy atom. The third-order valence-corrected chi connectivity index (χ3v) is 6.75. The maximum Gasteiger partial charge on any atom is 0.154 e. The van der Waals surface area contributed by atoms with Crippen LogP contribution >= 0.6 is 11.8 Å². The summed E-state index contributed by atoms with van der Waals surface area (Å²) in [6.07, 6.45) is 9.23. The van der Waals surface area contributed by atoms with E-state index in [2.05, 4.69) is 21.0 Å². The molecule has 7 heteroatoms. The Hall–Kier alpha value is -1.47. The molecular formula is C17H21N3O2S2. The standard InChI is InChI=1S/C17H21N3O2S2/c1-22-17-12(20-24(2)21)8-7-11-15(17)16(19-18-11)14-9-10-5-3-4-6-13(10)23-14/h7-10,13,20H,3-6H2,1-2H3,(H,18,19). The van der Waals surface area contributed by atoms with Gasteiger partial charge in [-0.05, 0) is 30.9 Å². The smallest absolute Gasteiger partial charge is 0.154 e. The van der Waals surface area contributed by atoms with Crippen LogP contribution < -0.4 is 9.46 Å². The Kier molecular flexibility index (Phi) is 4.30. The molecule has 4 rings (SSSR count). The number of ether oxygens (including phenoxy) is 1. The second kappa shape index (κ2) is 6.44. The van der Waals surface area contributed by atoms with Gasteiger partial charge in [0.25, 0.3) is 0 Å². The first-order valence-electron chi connectivity index (χ1n) is 8.21. The molecule has 0 amide bonds. The van der Waals surface area contributed by atoms with Gasteiger partial charge in [0.15, 0.2) is 5.75 Å². The van der Waals surface area contributed by atoms with Crippen LogP contribution in [-0.2, 0) is 11.0 Å². The highest BCUT2D eigenvalue weighted by atomic mass is 32.2. The Balaban J connectivity index is 1.80. The Bertz CT molecular complexity index is 831. The van der Waals surface area contributed by atoms with Crippen molar-refractivity contribution in [2.45, 2.75) is 30.9 Å². The van der Waals surface area contributed by atoms with Crippen molar-refractivity contribution in [3.05, 3.63) is 23.9 Å². The van der Waals surface area contributed by atoms with Crippen molar-refractivity contribution < 1.29 is 8.95 Å². The van der Waals surface area contributed by atoms with E-state index in [1.165, 1.54) is 30.6 Å². The van der Waals surface area contributed by atoms with Crippen LogP contribution in [0.15, 0.2) is 18.2 Å². The second-order valence-corrected chi connectivity index (χ2v) is 8.73. The number of hydrogen-bond acceptors (Lipinski definition) is 4. The van der Waals surface area contributed by atoms with Crippen molar-refractivity contribution in [1.82, 2.24) is 10.2 Å². The molecule has 1 aliphatic carbocycles. The number of anilines is 1. The summed E-state index contributed by atoms with van der Waals surface area (Å²) in [5.74, 6) is 1.36. The van der Waals surface area contributed by atoms with Gasteiger partial charge in [0, 0.05) is 16.4 Å². The number of allylic oxidation sites excluding steroid dienone is 1. The van der Waals surface area contributed by atoms with Crippen LogP contribution in [0.25, 0.3) is 15.8 Å². The van der Waals surface area contributed by atoms with E-state index in [1.807, 2.05) is 23.9 Å². The molecule has 1 aromatic heterocycles. The normalized spacial score (nSPS) is 24.5. The van der Waals surface area contributed by atoms with E-state index in [-0.39, 0.29) is 0 Å². The summed E-state index contributed by atoms with van der Waals surface area (Å²) in [5, 5.41) is 9.33. The van der Waals surface area contributed by atoms with Crippen molar-refractivity contribution in [2.75, 3.05) is 18.1 Å². The van der Waals surface area contributed by atoms with Crippen LogP contribution in [0, 0.1) is 5.92 Å². The topological polar surface area (TPSA) is 67.0 Å². The van der Waals surface area contributed by atoms with Crippen molar-refractivity contribution >= 4 is 44.2 Å². The third-order valence-electron chi connectivity index (χ3n) is 4.77. The van der Waals surface area contributed by atoms with E-state index in [1.54, 1.807) is 13.4 Å². The number of aromatic amines is 1. The molecule has 24 heavy (non-hydrogen) atoms. The second-order valence-electron chi connectivity index (χ2n) is 6.33. The quantitative estimate of drug-likeness (QED) is 0.864. The molecule has 3 atom stereocenters. The summed E-state index contributed by atoms with van der Waals surface area (Å²) in [5.41, 5.74) is 2.62. The number of H-pyrrole nitrogens is 1. The van der Waals surface area contributed by atoms with Crippen molar-refractivity contribution in [1.29, 1.82) is 0 Å². The van der Waals surface area contributed by atoms with Gasteiger partial charge >= 0.3 is 0 Å². The predicted molar refractivity (Wildman–Crippen MR) is 102 cm³/mol. The summed E-state index contributed by atoms with van der Waals surface area (Å²) >= 11 is 1.95. The maximum atomic E-state index is 11.6. The fourth-order valence-electron chi connectivity index (χ4n) is 3.70. The predicted octanol–water partition coefficient (Wildman–Crippen LogP) is 3.92. The first kappa shape index (κ1) is 16.0. The zero-order chi connectivity index (χ0) is 16.7. The van der Waals surface area contributed by atoms with Gasteiger partial charge in [0.2, 0.25) is 0 Å². The number of thioether (sulfide) groups is 1. The van der Waals surface area contributed by atoms with E-state index in [0.717, 1.165) is 22.3 Å². The molecule has 2 aromatic rings. The first-order chi connectivity index (χ1) is 11.7. The number of fused-ring (bicyclic) bond motifs is 2. The van der Waals surface area contributed by atoms with Crippen LogP contribution in [0.2, 0.25) is 0 Å². The van der Waals surface area contributed by atoms with Gasteiger partial charge in [0.1, 0.15) is 16.7 Å². The zero-order valence-electron chi connectivity index (χ0n) is 13.8. The van der Waals surface area contributed by atoms with Gasteiger partial charge in [-0.3, -0.25) is 5.10 Å². The molecule has 3 unspecified atom stereocenters. The minimum absolute atomic E-state index is 0.668. The number of hydrogen-bond donors (Lipinski definition) is 2. The van der Waals surface area contributed by atoms with Crippen molar-refractivity contribution in [3.8, 4) is 5.75 Å². The average Bonchev–Trinajstić information content (AvgIpc) is 3.17. The number of rotatable bonds is 4. The van der Waals surface area contributed by atoms with Gasteiger partial charge in [-0.25, -0.2) is 4.21 Å². The maximum absolute atomic E-state index is 11.6. The minimum Gasteiger partial charge on any atom is -0.494 e. The average molecular weight is 364 g/mol. The van der Waals surface area contributed by atoms with Crippen molar-refractivity contribution in [2.24, 2.45) is 5.92 Å². The molecule has 1 aromatic carbocycles. The van der Waals surface area contributed by atoms with E-state index in [0.29, 0.717) is 16.9 Å². The lowest BCUT2D eigenvalue weighted by Crippen LogP contribution is -2.15. The van der Waals surface area contributed by atoms with Crippen LogP contribution in [0.4, 0.5) is 5.69 Å². The van der Waals surface area contributed by atoms with Gasteiger partial charge in [-0.15, -0.1) is 11.8 Å². The highest BCUT2D eigenvalue weighted by molar-refractivity contribution is 8.09. The summed E-state index contributed by atoms with van der Waals surface area (Å²) in [4.78, 5) is 1.24. The van der Waals surface area contributed by atoms with Gasteiger partial charge in [-0.1, -0.05) is 18.9 Å². The Morgan fingerprint density at radius 3 is 2.96 bits per heavy atom. The molecule has 128 valence electrons. The lowest BCUT2D eigenvalue weighted by Gasteiger charge is -2.23. The third kappa shape index (κ3) is 2.73. The summed E-state index contributed by atoms with van der Waals surface area (Å²) < 4.78 is 20.2. The zero-order valence-corrected chi connectivity index (χ0v) is 15.4. The molecule has 1 saturated carbocycles. The molecule has 2 heterocycles. The molecule has 0 saturated heterocycles. The van der Waals surface area contributed by atoms with E-state index in [4.69, 9.17) is 4.74 Å². The van der Waals surface area contributed by atoms with Gasteiger partial charge in [0.05, 0.1) is 23.7 Å². The minimum atomic E-state index is -1.15. The molecule has 1 fully saturated rings. The molecule has 0 bridgehead atoms. The summed E-state index contributed by atoms with van der Waals surface area (Å²) in [7, 11) is 0.490. The number of aromatic nitrogens is 2.